The first-order valence-electron chi connectivity index (χ1n) is 18.8. The van der Waals surface area contributed by atoms with Crippen LogP contribution in [0.1, 0.15) is 0 Å². The van der Waals surface area contributed by atoms with Gasteiger partial charge in [-0.25, -0.2) is 0 Å². The first kappa shape index (κ1) is 31.8. The standard InChI is InChI=1S/C48H35B5/c49-44-43(45(50)47(52)48(53)46(44)51)32-22-30(41-35-15-7-3-11-28(35)24-39-33-13-5-1-9-26(33)17-19-37(39)41)21-31(23-32)42-36-16-8-4-12-29(36)25-40-34-14-6-2-10-27(34)18-20-38(40)42/h1-25H,49-53H2. The Hall–Kier alpha value is -5.92. The third kappa shape index (κ3) is 4.84. The Morgan fingerprint density at radius 3 is 1.00 bits per heavy atom. The largest absolute Gasteiger partial charge is 0.139 e. The summed E-state index contributed by atoms with van der Waals surface area (Å²) in [6.07, 6.45) is 0. The van der Waals surface area contributed by atoms with Crippen LogP contribution in [0.25, 0.3) is 98.0 Å². The molecular formula is C48H35B5. The molecule has 0 saturated heterocycles. The Kier molecular flexibility index (Phi) is 7.24. The molecule has 10 rings (SSSR count). The highest BCUT2D eigenvalue weighted by Gasteiger charge is 2.20. The minimum Gasteiger partial charge on any atom is -0.102 e. The van der Waals surface area contributed by atoms with E-state index < -0.39 is 0 Å². The Labute approximate surface area is 314 Å². The molecule has 0 bridgehead atoms. The molecule has 0 nitrogen and oxygen atoms in total. The molecule has 53 heavy (non-hydrogen) atoms. The van der Waals surface area contributed by atoms with E-state index in [9.17, 15) is 0 Å². The van der Waals surface area contributed by atoms with Crippen LogP contribution >= 0.6 is 0 Å². The van der Waals surface area contributed by atoms with Crippen molar-refractivity contribution in [2.45, 2.75) is 0 Å². The number of benzene rings is 10. The number of hydrogen-bond acceptors (Lipinski definition) is 0. The van der Waals surface area contributed by atoms with Gasteiger partial charge >= 0.3 is 0 Å². The molecule has 0 radical (unpaired) electrons. The molecule has 0 unspecified atom stereocenters. The molecule has 10 aromatic carbocycles. The van der Waals surface area contributed by atoms with Crippen molar-refractivity contribution in [1.82, 2.24) is 0 Å². The molecule has 0 aromatic heterocycles. The predicted molar refractivity (Wildman–Crippen MR) is 249 cm³/mol. The molecule has 0 N–H and O–H groups in total. The summed E-state index contributed by atoms with van der Waals surface area (Å²) in [5.74, 6) is 0. The number of fused-ring (bicyclic) bond motifs is 8. The first-order valence-corrected chi connectivity index (χ1v) is 18.8. The SMILES string of the molecule is Bc1c(B)c(B)c(-c2cc(-c3c4ccccc4cc4c3ccc3ccccc34)cc(-c3c4ccccc4cc4c3ccc3ccccc34)c2)c(B)c1B. The normalized spacial score (nSPS) is 11.8. The van der Waals surface area contributed by atoms with E-state index in [2.05, 4.69) is 191 Å². The summed E-state index contributed by atoms with van der Waals surface area (Å²) in [4.78, 5) is 0. The van der Waals surface area contributed by atoms with Crippen LogP contribution in [0.5, 0.6) is 0 Å². The summed E-state index contributed by atoms with van der Waals surface area (Å²) in [5, 5.41) is 15.3. The highest BCUT2D eigenvalue weighted by atomic mass is 14.2. The lowest BCUT2D eigenvalue weighted by molar-refractivity contribution is 1.64. The molecule has 0 aliphatic carbocycles. The molecule has 0 aliphatic rings. The van der Waals surface area contributed by atoms with Crippen molar-refractivity contribution in [2.24, 2.45) is 0 Å². The van der Waals surface area contributed by atoms with Gasteiger partial charge in [0.05, 0.1) is 0 Å². The Morgan fingerprint density at radius 1 is 0.226 bits per heavy atom. The topological polar surface area (TPSA) is 0 Å². The Morgan fingerprint density at radius 2 is 0.566 bits per heavy atom. The summed E-state index contributed by atoms with van der Waals surface area (Å²) < 4.78 is 0. The highest BCUT2D eigenvalue weighted by molar-refractivity contribution is 6.68. The van der Waals surface area contributed by atoms with E-state index in [1.165, 1.54) is 125 Å². The van der Waals surface area contributed by atoms with Crippen molar-refractivity contribution in [3.05, 3.63) is 152 Å². The molecule has 0 saturated carbocycles. The summed E-state index contributed by atoms with van der Waals surface area (Å²) in [6.45, 7) is 0. The molecule has 0 fully saturated rings. The fourth-order valence-electron chi connectivity index (χ4n) is 9.26. The van der Waals surface area contributed by atoms with Gasteiger partial charge in [-0.15, -0.1) is 16.4 Å². The summed E-state index contributed by atoms with van der Waals surface area (Å²) >= 11 is 0. The van der Waals surface area contributed by atoms with E-state index in [1.807, 2.05) is 0 Å². The van der Waals surface area contributed by atoms with Crippen molar-refractivity contribution in [2.75, 3.05) is 0 Å². The summed E-state index contributed by atoms with van der Waals surface area (Å²) in [5.41, 5.74) is 14.5. The van der Waals surface area contributed by atoms with Gasteiger partial charge in [0.2, 0.25) is 0 Å². The zero-order chi connectivity index (χ0) is 36.0. The lowest BCUT2D eigenvalue weighted by Gasteiger charge is -2.23. The van der Waals surface area contributed by atoms with Gasteiger partial charge in [-0.2, -0.15) is 0 Å². The molecule has 5 heteroatoms. The Bertz CT molecular complexity index is 2970. The maximum absolute atomic E-state index is 2.48. The lowest BCUT2D eigenvalue weighted by Crippen LogP contribution is -2.55. The second-order valence-electron chi connectivity index (χ2n) is 15.0. The van der Waals surface area contributed by atoms with E-state index in [-0.39, 0.29) is 0 Å². The van der Waals surface area contributed by atoms with Crippen LogP contribution in [0, 0.1) is 0 Å². The highest BCUT2D eigenvalue weighted by Crippen LogP contribution is 2.45. The van der Waals surface area contributed by atoms with Gasteiger partial charge in [0.1, 0.15) is 39.2 Å². The van der Waals surface area contributed by atoms with Crippen molar-refractivity contribution in [3.63, 3.8) is 0 Å². The van der Waals surface area contributed by atoms with Crippen molar-refractivity contribution in [3.8, 4) is 33.4 Å². The average molecular weight is 666 g/mol. The molecule has 242 valence electrons. The fraction of sp³-hybridized carbons (Fsp3) is 0. The maximum Gasteiger partial charge on any atom is 0.139 e. The molecule has 0 amide bonds. The zero-order valence-corrected chi connectivity index (χ0v) is 30.9. The fourth-order valence-corrected chi connectivity index (χ4v) is 9.26. The van der Waals surface area contributed by atoms with Gasteiger partial charge in [-0.05, 0) is 128 Å². The van der Waals surface area contributed by atoms with Gasteiger partial charge in [-0.1, -0.05) is 132 Å². The van der Waals surface area contributed by atoms with Gasteiger partial charge in [0, 0.05) is 0 Å². The molecule has 0 heterocycles. The van der Waals surface area contributed by atoms with E-state index in [4.69, 9.17) is 0 Å². The minimum atomic E-state index is 1.24. The van der Waals surface area contributed by atoms with Crippen LogP contribution in [0.15, 0.2) is 152 Å². The first-order chi connectivity index (χ1) is 25.9. The van der Waals surface area contributed by atoms with Crippen LogP contribution < -0.4 is 27.3 Å². The second-order valence-corrected chi connectivity index (χ2v) is 15.0. The maximum atomic E-state index is 2.48. The van der Waals surface area contributed by atoms with Gasteiger partial charge in [-0.3, -0.25) is 0 Å². The van der Waals surface area contributed by atoms with Gasteiger partial charge in [0.25, 0.3) is 0 Å². The summed E-state index contributed by atoms with van der Waals surface area (Å²) in [6, 6.07) is 57.0. The van der Waals surface area contributed by atoms with Crippen molar-refractivity contribution < 1.29 is 0 Å². The van der Waals surface area contributed by atoms with Crippen LogP contribution in [-0.2, 0) is 0 Å². The van der Waals surface area contributed by atoms with Crippen LogP contribution in [0.2, 0.25) is 0 Å². The molecule has 10 aromatic rings. The lowest BCUT2D eigenvalue weighted by atomic mass is 9.59. The third-order valence-electron chi connectivity index (χ3n) is 12.3. The molecular weight excluding hydrogens is 631 g/mol. The van der Waals surface area contributed by atoms with E-state index in [0.29, 0.717) is 0 Å². The van der Waals surface area contributed by atoms with E-state index in [0.717, 1.165) is 0 Å². The van der Waals surface area contributed by atoms with Crippen molar-refractivity contribution in [1.29, 1.82) is 0 Å². The van der Waals surface area contributed by atoms with E-state index >= 15 is 0 Å². The average Bonchev–Trinajstić information content (AvgIpc) is 3.20. The zero-order valence-electron chi connectivity index (χ0n) is 30.9. The Balaban J connectivity index is 1.40. The van der Waals surface area contributed by atoms with Crippen molar-refractivity contribution >= 4 is 131 Å². The minimum absolute atomic E-state index is 1.24. The predicted octanol–water partition coefficient (Wildman–Crippen LogP) is 4.90. The molecule has 0 aliphatic heterocycles. The smallest absolute Gasteiger partial charge is 0.102 e. The second kappa shape index (κ2) is 12.1. The monoisotopic (exact) mass is 666 g/mol. The quantitative estimate of drug-likeness (QED) is 0.143. The molecule has 0 atom stereocenters. The van der Waals surface area contributed by atoms with Gasteiger partial charge < -0.3 is 0 Å². The summed E-state index contributed by atoms with van der Waals surface area (Å²) in [7, 11) is 11.5. The third-order valence-corrected chi connectivity index (χ3v) is 12.3. The van der Waals surface area contributed by atoms with Crippen LogP contribution in [-0.4, -0.2) is 39.2 Å². The van der Waals surface area contributed by atoms with E-state index in [1.54, 1.807) is 0 Å². The number of rotatable bonds is 3. The van der Waals surface area contributed by atoms with Crippen LogP contribution in [0.3, 0.4) is 0 Å². The number of hydrogen-bond donors (Lipinski definition) is 0. The molecule has 0 spiro atoms. The van der Waals surface area contributed by atoms with Crippen LogP contribution in [0.4, 0.5) is 0 Å². The van der Waals surface area contributed by atoms with Gasteiger partial charge in [0.15, 0.2) is 0 Å².